The Hall–Kier alpha value is -4.28. The third kappa shape index (κ3) is 19.2. The number of amides is 2. The van der Waals surface area contributed by atoms with Gasteiger partial charge in [-0.2, -0.15) is 10.5 Å². The number of hydrogen-bond acceptors (Lipinski definition) is 14. The fourth-order valence-electron chi connectivity index (χ4n) is 4.27. The molecule has 0 aliphatic heterocycles. The number of esters is 4. The number of thioether (sulfide) groups is 2. The molecule has 0 radical (unpaired) electrons. The summed E-state index contributed by atoms with van der Waals surface area (Å²) in [5, 5.41) is 23.6. The summed E-state index contributed by atoms with van der Waals surface area (Å²) in [6, 6.07) is 3.94. The van der Waals surface area contributed by atoms with Crippen molar-refractivity contribution in [2.24, 2.45) is 0 Å². The Bertz CT molecular complexity index is 1500. The van der Waals surface area contributed by atoms with Crippen LogP contribution in [0.4, 0.5) is 0 Å². The molecule has 0 aliphatic carbocycles. The molecular formula is C38H54N4O10S2. The first-order valence-electron chi connectivity index (χ1n) is 17.3. The molecule has 0 spiro atoms. The first-order valence-corrected chi connectivity index (χ1v) is 19.3. The van der Waals surface area contributed by atoms with Gasteiger partial charge in [-0.3, -0.25) is 19.2 Å². The summed E-state index contributed by atoms with van der Waals surface area (Å²) >= 11 is 2.17. The number of carbonyl (C=O) groups excluding carboxylic acids is 6. The lowest BCUT2D eigenvalue weighted by Crippen LogP contribution is -2.46. The van der Waals surface area contributed by atoms with Gasteiger partial charge in [0.25, 0.3) is 11.8 Å². The topological polar surface area (TPSA) is 211 Å². The molecule has 0 bridgehead atoms. The summed E-state index contributed by atoms with van der Waals surface area (Å²) in [6.45, 7) is 19.8. The Morgan fingerprint density at radius 2 is 0.870 bits per heavy atom. The molecule has 2 atom stereocenters. The van der Waals surface area contributed by atoms with Crippen LogP contribution in [0.15, 0.2) is 21.9 Å². The zero-order valence-corrected chi connectivity index (χ0v) is 35.0. The predicted molar refractivity (Wildman–Crippen MR) is 203 cm³/mol. The maximum atomic E-state index is 14.0. The van der Waals surface area contributed by atoms with Crippen LogP contribution in [0.25, 0.3) is 0 Å². The van der Waals surface area contributed by atoms with E-state index in [0.717, 1.165) is 23.5 Å². The van der Waals surface area contributed by atoms with E-state index in [4.69, 9.17) is 18.9 Å². The number of benzene rings is 1. The summed E-state index contributed by atoms with van der Waals surface area (Å²) in [4.78, 5) is 80.7. The van der Waals surface area contributed by atoms with Crippen LogP contribution in [0.2, 0.25) is 0 Å². The van der Waals surface area contributed by atoms with Crippen LogP contribution in [0.3, 0.4) is 0 Å². The molecule has 1 rings (SSSR count). The van der Waals surface area contributed by atoms with Crippen molar-refractivity contribution in [1.82, 2.24) is 10.6 Å². The van der Waals surface area contributed by atoms with E-state index in [1.54, 1.807) is 83.1 Å². The molecule has 16 heteroatoms. The molecule has 54 heavy (non-hydrogen) atoms. The van der Waals surface area contributed by atoms with Gasteiger partial charge in [0, 0.05) is 34.1 Å². The number of ether oxygens (including phenoxy) is 4. The third-order valence-corrected chi connectivity index (χ3v) is 8.20. The highest BCUT2D eigenvalue weighted by Gasteiger charge is 2.34. The van der Waals surface area contributed by atoms with Crippen LogP contribution in [-0.2, 0) is 38.1 Å². The minimum atomic E-state index is -1.45. The summed E-state index contributed by atoms with van der Waals surface area (Å²) < 4.78 is 21.8. The zero-order chi connectivity index (χ0) is 41.7. The number of nitriles is 2. The van der Waals surface area contributed by atoms with Gasteiger partial charge < -0.3 is 29.6 Å². The van der Waals surface area contributed by atoms with E-state index in [2.05, 4.69) is 10.6 Å². The molecule has 0 heterocycles. The van der Waals surface area contributed by atoms with Crippen LogP contribution < -0.4 is 10.6 Å². The molecule has 0 saturated carbocycles. The smallest absolute Gasteiger partial charge is 0.329 e. The normalized spacial score (nSPS) is 12.9. The zero-order valence-electron chi connectivity index (χ0n) is 33.3. The number of nitrogens with one attached hydrogen (secondary N) is 2. The molecular weight excluding hydrogens is 737 g/mol. The molecule has 2 amide bonds. The molecule has 2 N–H and O–H groups in total. The van der Waals surface area contributed by atoms with Crippen molar-refractivity contribution in [3.63, 3.8) is 0 Å². The Balaban J connectivity index is 3.80. The third-order valence-electron chi connectivity index (χ3n) is 6.09. The van der Waals surface area contributed by atoms with E-state index >= 15 is 0 Å². The largest absolute Gasteiger partial charge is 0.460 e. The van der Waals surface area contributed by atoms with Crippen molar-refractivity contribution in [1.29, 1.82) is 10.5 Å². The Morgan fingerprint density at radius 3 is 1.13 bits per heavy atom. The lowest BCUT2D eigenvalue weighted by Gasteiger charge is -2.26. The molecule has 0 aromatic heterocycles. The van der Waals surface area contributed by atoms with Crippen LogP contribution in [0, 0.1) is 22.7 Å². The van der Waals surface area contributed by atoms with Crippen LogP contribution in [0.1, 0.15) is 129 Å². The molecule has 298 valence electrons. The summed E-state index contributed by atoms with van der Waals surface area (Å²) in [7, 11) is 0. The highest BCUT2D eigenvalue weighted by molar-refractivity contribution is 7.99. The average molecular weight is 791 g/mol. The van der Waals surface area contributed by atoms with Crippen molar-refractivity contribution in [2.45, 2.75) is 153 Å². The maximum absolute atomic E-state index is 14.0. The van der Waals surface area contributed by atoms with Crippen molar-refractivity contribution in [3.8, 4) is 12.1 Å². The fraction of sp³-hybridized carbons (Fsp3) is 0.632. The van der Waals surface area contributed by atoms with E-state index in [1.807, 2.05) is 12.1 Å². The van der Waals surface area contributed by atoms with Gasteiger partial charge >= 0.3 is 23.9 Å². The maximum Gasteiger partial charge on any atom is 0.329 e. The molecule has 2 unspecified atom stereocenters. The quantitative estimate of drug-likeness (QED) is 0.0846. The second-order valence-electron chi connectivity index (χ2n) is 16.1. The average Bonchev–Trinajstić information content (AvgIpc) is 2.97. The second kappa shape index (κ2) is 20.4. The Labute approximate surface area is 327 Å². The van der Waals surface area contributed by atoms with E-state index in [0.29, 0.717) is 0 Å². The molecule has 14 nitrogen and oxygen atoms in total. The summed E-state index contributed by atoms with van der Waals surface area (Å²) in [5.41, 5.74) is -3.64. The summed E-state index contributed by atoms with van der Waals surface area (Å²) in [6.07, 6.45) is -0.908. The number of carbonyl (C=O) groups is 6. The first-order chi connectivity index (χ1) is 24.6. The van der Waals surface area contributed by atoms with Crippen molar-refractivity contribution in [3.05, 3.63) is 23.3 Å². The second-order valence-corrected chi connectivity index (χ2v) is 18.3. The number of hydrogen-bond donors (Lipinski definition) is 2. The van der Waals surface area contributed by atoms with Gasteiger partial charge in [-0.15, -0.1) is 23.5 Å². The highest BCUT2D eigenvalue weighted by Crippen LogP contribution is 2.33. The minimum absolute atomic E-state index is 0.00384. The first kappa shape index (κ1) is 47.7. The van der Waals surface area contributed by atoms with Gasteiger partial charge in [-0.05, 0) is 95.2 Å². The predicted octanol–water partition coefficient (Wildman–Crippen LogP) is 6.04. The lowest BCUT2D eigenvalue weighted by atomic mass is 10.1. The standard InChI is InChI=1S/C38H54N4O10S2/c1-35(2,3)49-29(43)21-25(33(47)51-37(7,8)9)41-31(45)23-19-28(54-18-14-16-40)24(20-27(23)53-17-13-15-39)32(46)42-26(34(48)52-38(10,11)12)22-30(44)50-36(4,5)6/h19-20,25-26H,13-14,17-18,21-22H2,1-12H3,(H,41,45)(H,42,46). The van der Waals surface area contributed by atoms with Gasteiger partial charge in [0.1, 0.15) is 34.5 Å². The van der Waals surface area contributed by atoms with Crippen LogP contribution in [-0.4, -0.2) is 81.7 Å². The number of nitrogens with zero attached hydrogens (tertiary/aromatic N) is 2. The molecule has 1 aromatic carbocycles. The van der Waals surface area contributed by atoms with Gasteiger partial charge in [-0.1, -0.05) is 0 Å². The molecule has 0 saturated heterocycles. The minimum Gasteiger partial charge on any atom is -0.460 e. The Morgan fingerprint density at radius 1 is 0.574 bits per heavy atom. The molecule has 0 fully saturated rings. The van der Waals surface area contributed by atoms with Gasteiger partial charge in [-0.25, -0.2) is 9.59 Å². The van der Waals surface area contributed by atoms with E-state index in [9.17, 15) is 39.3 Å². The van der Waals surface area contributed by atoms with Gasteiger partial charge in [0.05, 0.1) is 36.1 Å². The van der Waals surface area contributed by atoms with Crippen molar-refractivity contribution >= 4 is 59.2 Å². The van der Waals surface area contributed by atoms with Gasteiger partial charge in [0.2, 0.25) is 0 Å². The van der Waals surface area contributed by atoms with Crippen molar-refractivity contribution < 1.29 is 47.7 Å². The summed E-state index contributed by atoms with van der Waals surface area (Å²) in [5.74, 6) is -4.42. The Kier molecular flexibility index (Phi) is 18.0. The lowest BCUT2D eigenvalue weighted by molar-refractivity contribution is -0.164. The fourth-order valence-corrected chi connectivity index (χ4v) is 6.11. The monoisotopic (exact) mass is 790 g/mol. The van der Waals surface area contributed by atoms with Crippen LogP contribution >= 0.6 is 23.5 Å². The SMILES string of the molecule is CC(C)(C)OC(=O)CC(NC(=O)c1cc(SCCC#N)c(C(=O)NC(CC(=O)OC(C)(C)C)C(=O)OC(C)(C)C)cc1SCCC#N)C(=O)OC(C)(C)C. The molecule has 0 aliphatic rings. The van der Waals surface area contributed by atoms with E-state index in [1.165, 1.54) is 12.1 Å². The van der Waals surface area contributed by atoms with Gasteiger partial charge in [0.15, 0.2) is 0 Å². The van der Waals surface area contributed by atoms with E-state index in [-0.39, 0.29) is 45.3 Å². The molecule has 1 aromatic rings. The van der Waals surface area contributed by atoms with E-state index < -0.39 is 83.0 Å². The number of rotatable bonds is 16. The van der Waals surface area contributed by atoms with Crippen molar-refractivity contribution in [2.75, 3.05) is 11.5 Å². The highest BCUT2D eigenvalue weighted by atomic mass is 32.2. The van der Waals surface area contributed by atoms with Crippen LogP contribution in [0.5, 0.6) is 0 Å².